The molecule has 3 aliphatic rings. The molecule has 4 amide bonds. The molecule has 284 valence electrons. The number of aromatic nitrogens is 4. The molecule has 0 saturated carbocycles. The van der Waals surface area contributed by atoms with Crippen LogP contribution in [0.5, 0.6) is 11.5 Å². The lowest BCUT2D eigenvalue weighted by Crippen LogP contribution is -2.46. The minimum atomic E-state index is -0.752. The monoisotopic (exact) mass is 736 g/mol. The number of rotatable bonds is 6. The van der Waals surface area contributed by atoms with Gasteiger partial charge in [0.15, 0.2) is 11.5 Å². The predicted molar refractivity (Wildman–Crippen MR) is 200 cm³/mol. The third kappa shape index (κ3) is 10.2. The normalized spacial score (nSPS) is 18.9. The molecule has 4 heterocycles. The van der Waals surface area contributed by atoms with Gasteiger partial charge in [-0.2, -0.15) is 0 Å². The fourth-order valence-corrected chi connectivity index (χ4v) is 6.93. The molecule has 1 aromatic heterocycles. The molecule has 0 aliphatic carbocycles. The minimum Gasteiger partial charge on any atom is -0.493 e. The Bertz CT molecular complexity index is 1900. The van der Waals surface area contributed by atoms with Crippen LogP contribution in [0.25, 0.3) is 0 Å². The predicted octanol–water partition coefficient (Wildman–Crippen LogP) is 3.12. The number of fused-ring (bicyclic) bond motifs is 15. The summed E-state index contributed by atoms with van der Waals surface area (Å²) in [7, 11) is 1.56. The lowest BCUT2D eigenvalue weighted by atomic mass is 10.1. The van der Waals surface area contributed by atoms with Gasteiger partial charge in [0.05, 0.1) is 26.6 Å². The van der Waals surface area contributed by atoms with E-state index in [-0.39, 0.29) is 30.2 Å². The van der Waals surface area contributed by atoms with Crippen molar-refractivity contribution in [3.8, 4) is 11.5 Å². The Morgan fingerprint density at radius 2 is 1.74 bits per heavy atom. The number of nitrogens with one attached hydrogen (secondary N) is 2. The second-order valence-corrected chi connectivity index (χ2v) is 13.9. The van der Waals surface area contributed by atoms with Gasteiger partial charge in [0.25, 0.3) is 5.91 Å². The number of methoxy groups -OCH3 is 1. The van der Waals surface area contributed by atoms with Crippen molar-refractivity contribution >= 4 is 23.6 Å². The lowest BCUT2D eigenvalue weighted by molar-refractivity contribution is -0.130. The van der Waals surface area contributed by atoms with Crippen molar-refractivity contribution < 1.29 is 28.7 Å². The Labute approximate surface area is 315 Å². The van der Waals surface area contributed by atoms with Crippen molar-refractivity contribution in [2.75, 3.05) is 39.8 Å². The van der Waals surface area contributed by atoms with E-state index in [9.17, 15) is 19.2 Å². The van der Waals surface area contributed by atoms with Crippen molar-refractivity contribution in [3.05, 3.63) is 101 Å². The maximum absolute atomic E-state index is 14.0. The number of ether oxygens (including phenoxy) is 2. The van der Waals surface area contributed by atoms with Gasteiger partial charge < -0.3 is 29.9 Å². The molecule has 1 fully saturated rings. The highest BCUT2D eigenvalue weighted by Gasteiger charge is 2.41. The zero-order chi connectivity index (χ0) is 37.9. The molecule has 14 heteroatoms. The first-order valence-corrected chi connectivity index (χ1v) is 18.6. The maximum atomic E-state index is 14.0. The van der Waals surface area contributed by atoms with Gasteiger partial charge in [0, 0.05) is 44.6 Å². The van der Waals surface area contributed by atoms with Gasteiger partial charge in [-0.05, 0) is 84.0 Å². The second kappa shape index (κ2) is 18.3. The highest BCUT2D eigenvalue weighted by Crippen LogP contribution is 2.33. The molecule has 3 aromatic carbocycles. The third-order valence-electron chi connectivity index (χ3n) is 9.80. The first-order chi connectivity index (χ1) is 26.2. The van der Waals surface area contributed by atoms with Crippen LogP contribution in [0.4, 0.5) is 0 Å². The number of amides is 4. The van der Waals surface area contributed by atoms with Crippen LogP contribution < -0.4 is 20.1 Å². The summed E-state index contributed by atoms with van der Waals surface area (Å²) in [5, 5.41) is 17.3. The summed E-state index contributed by atoms with van der Waals surface area (Å²) < 4.78 is 13.7. The first-order valence-electron chi connectivity index (χ1n) is 18.6. The van der Waals surface area contributed by atoms with Crippen LogP contribution in [0.1, 0.15) is 64.7 Å². The summed E-state index contributed by atoms with van der Waals surface area (Å²) >= 11 is 0. The molecule has 14 nitrogen and oxygen atoms in total. The standard InChI is InChI=1S/C40H48N8O6/c1-28-7-5-8-31(21-28)23-38(50)46-19-4-3-17-42-39(51)34-24-33(26-48(34)40(52)32-13-9-30(10-14-32)25-47-27-43-44-45-47)54-35-15-11-29(22-36(35)53-2)12-16-37(49)41-18-6-20-46/h5,7-11,13-15,21-22,27,33-34H,3-4,6,12,16-20,23-26H2,1-2H3,(H,41,49)(H,42,51)/t33-,34-/m0/s1. The average molecular weight is 737 g/mol. The largest absolute Gasteiger partial charge is 0.493 e. The SMILES string of the molecule is COc1cc2ccc1O[C@H]1C[C@@H](C(=O)NCCCCN(C(=O)Cc3cccc(C)c3)CCCNC(=O)CC2)N(C(=O)c2ccc(Cn3cnnn3)cc2)C1. The number of likely N-dealkylation sites (tertiary alicyclic amines) is 1. The number of hydrogen-bond acceptors (Lipinski definition) is 9. The molecule has 2 atom stereocenters. The van der Waals surface area contributed by atoms with Gasteiger partial charge in [-0.1, -0.05) is 48.0 Å². The Balaban J connectivity index is 1.17. The van der Waals surface area contributed by atoms with Crippen LogP contribution in [-0.4, -0.2) is 106 Å². The van der Waals surface area contributed by atoms with E-state index < -0.39 is 12.1 Å². The topological polar surface area (TPSA) is 161 Å². The first kappa shape index (κ1) is 38.0. The number of carbonyl (C=O) groups is 4. The zero-order valence-electron chi connectivity index (χ0n) is 30.9. The molecule has 4 bridgehead atoms. The van der Waals surface area contributed by atoms with Crippen LogP contribution in [0.2, 0.25) is 0 Å². The van der Waals surface area contributed by atoms with Crippen LogP contribution >= 0.6 is 0 Å². The third-order valence-corrected chi connectivity index (χ3v) is 9.80. The molecular weight excluding hydrogens is 688 g/mol. The van der Waals surface area contributed by atoms with Gasteiger partial charge in [-0.25, -0.2) is 4.68 Å². The number of carbonyl (C=O) groups excluding carboxylic acids is 4. The summed E-state index contributed by atoms with van der Waals surface area (Å²) in [6, 6.07) is 19.9. The summed E-state index contributed by atoms with van der Waals surface area (Å²) in [4.78, 5) is 57.4. The Kier molecular flexibility index (Phi) is 12.9. The molecular formula is C40H48N8O6. The van der Waals surface area contributed by atoms with E-state index in [1.807, 2.05) is 66.4 Å². The number of benzene rings is 3. The number of aryl methyl sites for hydroxylation is 2. The summed E-state index contributed by atoms with van der Waals surface area (Å²) in [5.74, 6) is 0.446. The molecule has 2 N–H and O–H groups in total. The van der Waals surface area contributed by atoms with E-state index in [1.165, 1.54) is 6.33 Å². The summed E-state index contributed by atoms with van der Waals surface area (Å²) in [6.45, 7) is 4.55. The number of hydrogen-bond donors (Lipinski definition) is 2. The van der Waals surface area contributed by atoms with Crippen molar-refractivity contribution in [1.82, 2.24) is 40.6 Å². The van der Waals surface area contributed by atoms with Gasteiger partial charge in [0.2, 0.25) is 17.7 Å². The van der Waals surface area contributed by atoms with E-state index in [1.54, 1.807) is 28.8 Å². The fourth-order valence-electron chi connectivity index (χ4n) is 6.93. The van der Waals surface area contributed by atoms with Gasteiger partial charge in [-0.3, -0.25) is 19.2 Å². The average Bonchev–Trinajstić information content (AvgIpc) is 3.85. The number of tetrazole rings is 1. The van der Waals surface area contributed by atoms with Crippen LogP contribution in [-0.2, 0) is 33.8 Å². The fraction of sp³-hybridized carbons (Fsp3) is 0.425. The van der Waals surface area contributed by atoms with Gasteiger partial charge >= 0.3 is 0 Å². The van der Waals surface area contributed by atoms with E-state index in [2.05, 4.69) is 26.2 Å². The highest BCUT2D eigenvalue weighted by atomic mass is 16.5. The molecule has 0 unspecified atom stereocenters. The van der Waals surface area contributed by atoms with E-state index in [0.29, 0.717) is 94.7 Å². The minimum absolute atomic E-state index is 0.0254. The van der Waals surface area contributed by atoms with Gasteiger partial charge in [-0.15, -0.1) is 5.10 Å². The molecule has 3 aliphatic heterocycles. The Morgan fingerprint density at radius 3 is 2.52 bits per heavy atom. The van der Waals surface area contributed by atoms with Crippen molar-refractivity contribution in [3.63, 3.8) is 0 Å². The quantitative estimate of drug-likeness (QED) is 0.303. The van der Waals surface area contributed by atoms with E-state index in [0.717, 1.165) is 22.3 Å². The molecule has 4 aromatic rings. The number of nitrogens with zero attached hydrogens (tertiary/aromatic N) is 6. The van der Waals surface area contributed by atoms with E-state index >= 15 is 0 Å². The lowest BCUT2D eigenvalue weighted by Gasteiger charge is -2.24. The van der Waals surface area contributed by atoms with Crippen LogP contribution in [0.15, 0.2) is 73.1 Å². The van der Waals surface area contributed by atoms with Crippen molar-refractivity contribution in [1.29, 1.82) is 0 Å². The van der Waals surface area contributed by atoms with E-state index in [4.69, 9.17) is 9.47 Å². The molecule has 1 saturated heterocycles. The zero-order valence-corrected chi connectivity index (χ0v) is 30.9. The summed E-state index contributed by atoms with van der Waals surface area (Å²) in [5.41, 5.74) is 4.34. The van der Waals surface area contributed by atoms with Crippen LogP contribution in [0, 0.1) is 6.92 Å². The Morgan fingerprint density at radius 1 is 0.926 bits per heavy atom. The highest BCUT2D eigenvalue weighted by molar-refractivity contribution is 5.98. The van der Waals surface area contributed by atoms with Crippen molar-refractivity contribution in [2.24, 2.45) is 0 Å². The summed E-state index contributed by atoms with van der Waals surface area (Å²) in [6.07, 6.45) is 4.39. The Hall–Kier alpha value is -5.79. The molecule has 54 heavy (non-hydrogen) atoms. The van der Waals surface area contributed by atoms with Gasteiger partial charge in [0.1, 0.15) is 18.5 Å². The van der Waals surface area contributed by atoms with Crippen molar-refractivity contribution in [2.45, 2.75) is 70.6 Å². The smallest absolute Gasteiger partial charge is 0.254 e. The van der Waals surface area contributed by atoms with Crippen LogP contribution in [0.3, 0.4) is 0 Å². The molecule has 7 rings (SSSR count). The molecule has 0 radical (unpaired) electrons. The second-order valence-electron chi connectivity index (χ2n) is 13.9. The molecule has 0 spiro atoms. The maximum Gasteiger partial charge on any atom is 0.254 e.